The molecule has 0 atom stereocenters. The summed E-state index contributed by atoms with van der Waals surface area (Å²) in [5.41, 5.74) is 2.35. The van der Waals surface area contributed by atoms with Gasteiger partial charge in [-0.15, -0.1) is 0 Å². The van der Waals surface area contributed by atoms with Crippen LogP contribution >= 0.6 is 46.4 Å². The van der Waals surface area contributed by atoms with Gasteiger partial charge in [-0.2, -0.15) is 0 Å². The van der Waals surface area contributed by atoms with Crippen LogP contribution in [0.25, 0.3) is 5.57 Å². The SMILES string of the molecule is C=C1CNc2c(Cl)c(Cl)c(Cl)c(Cl)c21. The van der Waals surface area contributed by atoms with Crippen LogP contribution in [0.5, 0.6) is 0 Å². The topological polar surface area (TPSA) is 12.0 Å². The predicted octanol–water partition coefficient (Wildman–Crippen LogP) is 4.74. The van der Waals surface area contributed by atoms with E-state index in [1.54, 1.807) is 0 Å². The van der Waals surface area contributed by atoms with Gasteiger partial charge in [-0.05, 0) is 5.57 Å². The molecule has 0 spiro atoms. The minimum atomic E-state index is 0.277. The van der Waals surface area contributed by atoms with Crippen LogP contribution in [-0.2, 0) is 0 Å². The maximum Gasteiger partial charge on any atom is 0.0846 e. The Hall–Kier alpha value is -0.0800. The second-order valence-electron chi connectivity index (χ2n) is 2.96. The molecule has 1 heterocycles. The van der Waals surface area contributed by atoms with Crippen LogP contribution in [0.15, 0.2) is 6.58 Å². The van der Waals surface area contributed by atoms with E-state index in [1.807, 2.05) is 0 Å². The van der Waals surface area contributed by atoms with Gasteiger partial charge in [-0.1, -0.05) is 53.0 Å². The monoisotopic (exact) mass is 267 g/mol. The fraction of sp³-hybridized carbons (Fsp3) is 0.111. The summed E-state index contributed by atoms with van der Waals surface area (Å²) in [6, 6.07) is 0. The number of halogens is 4. The zero-order chi connectivity index (χ0) is 10.5. The van der Waals surface area contributed by atoms with E-state index in [0.29, 0.717) is 16.6 Å². The van der Waals surface area contributed by atoms with Gasteiger partial charge in [0.15, 0.2) is 0 Å². The Balaban J connectivity index is 2.84. The van der Waals surface area contributed by atoms with Gasteiger partial charge >= 0.3 is 0 Å². The number of hydrogen-bond donors (Lipinski definition) is 1. The molecule has 0 fully saturated rings. The quantitative estimate of drug-likeness (QED) is 0.529. The van der Waals surface area contributed by atoms with Crippen molar-refractivity contribution in [1.82, 2.24) is 0 Å². The first-order chi connectivity index (χ1) is 6.54. The molecule has 0 unspecified atom stereocenters. The first-order valence-corrected chi connectivity index (χ1v) is 5.33. The van der Waals surface area contributed by atoms with Crippen LogP contribution in [0, 0.1) is 0 Å². The van der Waals surface area contributed by atoms with E-state index in [2.05, 4.69) is 11.9 Å². The second kappa shape index (κ2) is 3.49. The van der Waals surface area contributed by atoms with Crippen molar-refractivity contribution in [3.8, 4) is 0 Å². The highest BCUT2D eigenvalue weighted by atomic mass is 35.5. The Bertz CT molecular complexity index is 439. The molecular weight excluding hydrogens is 264 g/mol. The van der Waals surface area contributed by atoms with Gasteiger partial charge in [0.05, 0.1) is 25.8 Å². The lowest BCUT2D eigenvalue weighted by molar-refractivity contribution is 1.45. The van der Waals surface area contributed by atoms with E-state index in [0.717, 1.165) is 16.8 Å². The molecule has 14 heavy (non-hydrogen) atoms. The highest BCUT2D eigenvalue weighted by Gasteiger charge is 2.25. The predicted molar refractivity (Wildman–Crippen MR) is 64.0 cm³/mol. The van der Waals surface area contributed by atoms with Gasteiger partial charge in [-0.25, -0.2) is 0 Å². The third-order valence-corrected chi connectivity index (χ3v) is 3.90. The number of hydrogen-bond acceptors (Lipinski definition) is 1. The summed E-state index contributed by atoms with van der Waals surface area (Å²) >= 11 is 23.8. The average molecular weight is 269 g/mol. The number of benzene rings is 1. The van der Waals surface area contributed by atoms with E-state index in [4.69, 9.17) is 46.4 Å². The molecule has 1 aliphatic rings. The lowest BCUT2D eigenvalue weighted by Gasteiger charge is -2.09. The van der Waals surface area contributed by atoms with Crippen LogP contribution in [0.4, 0.5) is 5.69 Å². The average Bonchev–Trinajstić information content (AvgIpc) is 2.54. The number of nitrogens with one attached hydrogen (secondary N) is 1. The van der Waals surface area contributed by atoms with E-state index >= 15 is 0 Å². The van der Waals surface area contributed by atoms with Crippen LogP contribution < -0.4 is 5.32 Å². The van der Waals surface area contributed by atoms with Crippen molar-refractivity contribution < 1.29 is 0 Å². The second-order valence-corrected chi connectivity index (χ2v) is 4.47. The normalized spacial score (nSPS) is 14.1. The molecule has 0 amide bonds. The van der Waals surface area contributed by atoms with Gasteiger partial charge in [0.1, 0.15) is 0 Å². The van der Waals surface area contributed by atoms with Crippen molar-refractivity contribution in [2.24, 2.45) is 0 Å². The Kier molecular flexibility index (Phi) is 2.61. The smallest absolute Gasteiger partial charge is 0.0846 e. The van der Waals surface area contributed by atoms with Crippen molar-refractivity contribution >= 4 is 57.7 Å². The maximum atomic E-state index is 6.03. The van der Waals surface area contributed by atoms with Gasteiger partial charge in [0.2, 0.25) is 0 Å². The molecule has 2 rings (SSSR count). The first kappa shape index (κ1) is 10.4. The summed E-state index contributed by atoms with van der Waals surface area (Å²) in [5.74, 6) is 0. The van der Waals surface area contributed by atoms with Crippen molar-refractivity contribution in [2.45, 2.75) is 0 Å². The molecule has 1 aromatic carbocycles. The Morgan fingerprint density at radius 3 is 2.14 bits per heavy atom. The number of rotatable bonds is 0. The summed E-state index contributed by atoms with van der Waals surface area (Å²) in [6.45, 7) is 4.48. The minimum absolute atomic E-state index is 0.277. The number of anilines is 1. The van der Waals surface area contributed by atoms with E-state index in [-0.39, 0.29) is 10.0 Å². The molecule has 0 aliphatic carbocycles. The third-order valence-electron chi connectivity index (χ3n) is 2.10. The lowest BCUT2D eigenvalue weighted by atomic mass is 10.1. The summed E-state index contributed by atoms with van der Waals surface area (Å²) in [6.07, 6.45) is 0. The Labute approximate surface area is 102 Å². The van der Waals surface area contributed by atoms with Gasteiger partial charge in [-0.3, -0.25) is 0 Å². The zero-order valence-corrected chi connectivity index (χ0v) is 9.95. The number of fused-ring (bicyclic) bond motifs is 1. The van der Waals surface area contributed by atoms with Gasteiger partial charge in [0, 0.05) is 12.1 Å². The molecule has 0 saturated carbocycles. The fourth-order valence-corrected chi connectivity index (χ4v) is 2.47. The molecule has 1 N–H and O–H groups in total. The highest BCUT2D eigenvalue weighted by Crippen LogP contribution is 2.48. The highest BCUT2D eigenvalue weighted by molar-refractivity contribution is 6.53. The summed E-state index contributed by atoms with van der Waals surface area (Å²) in [5, 5.41) is 4.43. The van der Waals surface area contributed by atoms with Crippen LogP contribution in [0.1, 0.15) is 5.56 Å². The summed E-state index contributed by atoms with van der Waals surface area (Å²) < 4.78 is 0. The molecule has 1 aromatic rings. The Morgan fingerprint density at radius 2 is 1.50 bits per heavy atom. The third kappa shape index (κ3) is 1.31. The maximum absolute atomic E-state index is 6.03. The molecule has 0 aromatic heterocycles. The van der Waals surface area contributed by atoms with Gasteiger partial charge < -0.3 is 5.32 Å². The van der Waals surface area contributed by atoms with Crippen molar-refractivity contribution in [3.05, 3.63) is 32.2 Å². The molecule has 0 radical (unpaired) electrons. The summed E-state index contributed by atoms with van der Waals surface area (Å²) in [4.78, 5) is 0. The van der Waals surface area contributed by atoms with Crippen molar-refractivity contribution in [3.63, 3.8) is 0 Å². The largest absolute Gasteiger partial charge is 0.379 e. The molecule has 1 nitrogen and oxygen atoms in total. The van der Waals surface area contributed by atoms with Crippen LogP contribution in [0.2, 0.25) is 20.1 Å². The van der Waals surface area contributed by atoms with E-state index in [1.165, 1.54) is 0 Å². The van der Waals surface area contributed by atoms with Crippen molar-refractivity contribution in [1.29, 1.82) is 0 Å². The molecule has 1 aliphatic heterocycles. The molecule has 0 saturated heterocycles. The first-order valence-electron chi connectivity index (χ1n) is 3.82. The van der Waals surface area contributed by atoms with Crippen molar-refractivity contribution in [2.75, 3.05) is 11.9 Å². The van der Waals surface area contributed by atoms with E-state index < -0.39 is 0 Å². The molecule has 74 valence electrons. The Morgan fingerprint density at radius 1 is 0.929 bits per heavy atom. The fourth-order valence-electron chi connectivity index (χ4n) is 1.41. The summed E-state index contributed by atoms with van der Waals surface area (Å²) in [7, 11) is 0. The van der Waals surface area contributed by atoms with Gasteiger partial charge in [0.25, 0.3) is 0 Å². The van der Waals surface area contributed by atoms with Crippen LogP contribution in [0.3, 0.4) is 0 Å². The minimum Gasteiger partial charge on any atom is -0.379 e. The van der Waals surface area contributed by atoms with Crippen LogP contribution in [-0.4, -0.2) is 6.54 Å². The zero-order valence-electron chi connectivity index (χ0n) is 6.93. The molecular formula is C9H5Cl4N. The van der Waals surface area contributed by atoms with E-state index in [9.17, 15) is 0 Å². The lowest BCUT2D eigenvalue weighted by Crippen LogP contribution is -1.91. The standard InChI is InChI=1S/C9H5Cl4N/c1-3-2-14-9-4(3)5(10)6(11)7(12)8(9)13/h14H,1-2H2. The molecule has 5 heteroatoms. The molecule has 0 bridgehead atoms.